The minimum absolute atomic E-state index is 0.198. The topological polar surface area (TPSA) is 56.5 Å². The van der Waals surface area contributed by atoms with E-state index in [9.17, 15) is 0 Å². The molecule has 1 saturated heterocycles. The zero-order chi connectivity index (χ0) is 13.8. The Labute approximate surface area is 117 Å². The van der Waals surface area contributed by atoms with Crippen LogP contribution in [0.4, 0.5) is 0 Å². The van der Waals surface area contributed by atoms with E-state index in [1.54, 1.807) is 19.6 Å². The highest BCUT2D eigenvalue weighted by Crippen LogP contribution is 2.35. The molecule has 20 heavy (non-hydrogen) atoms. The Morgan fingerprint density at radius 2 is 2.20 bits per heavy atom. The highest BCUT2D eigenvalue weighted by Gasteiger charge is 2.31. The van der Waals surface area contributed by atoms with Crippen LogP contribution in [0.25, 0.3) is 0 Å². The molecule has 5 heteroatoms. The van der Waals surface area contributed by atoms with Crippen molar-refractivity contribution < 1.29 is 13.9 Å². The van der Waals surface area contributed by atoms with Crippen molar-refractivity contribution in [2.75, 3.05) is 20.2 Å². The number of para-hydroxylation sites is 2. The molecule has 2 heterocycles. The third kappa shape index (κ3) is 2.63. The molecule has 2 aromatic rings. The van der Waals surface area contributed by atoms with Gasteiger partial charge in [0.25, 0.3) is 0 Å². The van der Waals surface area contributed by atoms with Crippen LogP contribution in [-0.2, 0) is 0 Å². The summed E-state index contributed by atoms with van der Waals surface area (Å²) in [4.78, 5) is 4.25. The molecule has 106 valence electrons. The standard InChI is InChI=1S/C15H18N2O3/c1-18-12-4-2-3-5-13(12)20-14(11-6-7-16-10-11)15-17-8-9-19-15/h2-5,8-9,11,14,16H,6-7,10H2,1H3. The van der Waals surface area contributed by atoms with Gasteiger partial charge in [-0.25, -0.2) is 4.98 Å². The maximum Gasteiger partial charge on any atom is 0.235 e. The van der Waals surface area contributed by atoms with Gasteiger partial charge in [0.15, 0.2) is 17.6 Å². The molecule has 0 aliphatic carbocycles. The number of hydrogen-bond donors (Lipinski definition) is 1. The molecule has 3 rings (SSSR count). The largest absolute Gasteiger partial charge is 0.493 e. The molecule has 1 aromatic carbocycles. The minimum atomic E-state index is -0.198. The van der Waals surface area contributed by atoms with Crippen LogP contribution in [0.15, 0.2) is 41.1 Å². The zero-order valence-corrected chi connectivity index (χ0v) is 11.4. The van der Waals surface area contributed by atoms with Gasteiger partial charge in [-0.15, -0.1) is 0 Å². The number of benzene rings is 1. The predicted molar refractivity (Wildman–Crippen MR) is 73.8 cm³/mol. The molecule has 2 atom stereocenters. The molecule has 1 aliphatic rings. The number of rotatable bonds is 5. The molecule has 5 nitrogen and oxygen atoms in total. The summed E-state index contributed by atoms with van der Waals surface area (Å²) in [7, 11) is 1.64. The summed E-state index contributed by atoms with van der Waals surface area (Å²) in [6, 6.07) is 7.63. The maximum atomic E-state index is 6.14. The first-order chi connectivity index (χ1) is 9.88. The lowest BCUT2D eigenvalue weighted by Gasteiger charge is -2.22. The van der Waals surface area contributed by atoms with Gasteiger partial charge in [-0.05, 0) is 25.1 Å². The zero-order valence-electron chi connectivity index (χ0n) is 11.4. The molecular formula is C15H18N2O3. The molecule has 0 saturated carbocycles. The summed E-state index contributed by atoms with van der Waals surface area (Å²) >= 11 is 0. The second kappa shape index (κ2) is 5.96. The SMILES string of the molecule is COc1ccccc1OC(c1ncco1)C1CCNC1. The highest BCUT2D eigenvalue weighted by molar-refractivity contribution is 5.39. The smallest absolute Gasteiger partial charge is 0.235 e. The summed E-state index contributed by atoms with van der Waals surface area (Å²) in [5.41, 5.74) is 0. The fraction of sp³-hybridized carbons (Fsp3) is 0.400. The van der Waals surface area contributed by atoms with Crippen molar-refractivity contribution in [1.29, 1.82) is 0 Å². The van der Waals surface area contributed by atoms with E-state index in [2.05, 4.69) is 10.3 Å². The fourth-order valence-corrected chi connectivity index (χ4v) is 2.51. The van der Waals surface area contributed by atoms with Crippen LogP contribution in [0.1, 0.15) is 18.4 Å². The Kier molecular flexibility index (Phi) is 3.87. The van der Waals surface area contributed by atoms with E-state index in [1.165, 1.54) is 0 Å². The number of nitrogens with zero attached hydrogens (tertiary/aromatic N) is 1. The number of ether oxygens (including phenoxy) is 2. The number of nitrogens with one attached hydrogen (secondary N) is 1. The molecule has 0 amide bonds. The molecule has 1 N–H and O–H groups in total. The van der Waals surface area contributed by atoms with E-state index in [4.69, 9.17) is 13.9 Å². The number of aromatic nitrogens is 1. The monoisotopic (exact) mass is 274 g/mol. The number of hydrogen-bond acceptors (Lipinski definition) is 5. The molecule has 2 unspecified atom stereocenters. The van der Waals surface area contributed by atoms with Crippen LogP contribution in [0.5, 0.6) is 11.5 Å². The van der Waals surface area contributed by atoms with Crippen molar-refractivity contribution in [2.24, 2.45) is 5.92 Å². The van der Waals surface area contributed by atoms with E-state index < -0.39 is 0 Å². The van der Waals surface area contributed by atoms with E-state index in [1.807, 2.05) is 24.3 Å². The van der Waals surface area contributed by atoms with Crippen LogP contribution < -0.4 is 14.8 Å². The number of methoxy groups -OCH3 is 1. The lowest BCUT2D eigenvalue weighted by molar-refractivity contribution is 0.110. The molecule has 1 aliphatic heterocycles. The summed E-state index contributed by atoms with van der Waals surface area (Å²) in [5, 5.41) is 3.35. The molecule has 1 fully saturated rings. The van der Waals surface area contributed by atoms with Crippen molar-refractivity contribution >= 4 is 0 Å². The molecule has 0 bridgehead atoms. The Balaban J connectivity index is 1.86. The molecule has 0 radical (unpaired) electrons. The third-order valence-electron chi connectivity index (χ3n) is 3.54. The van der Waals surface area contributed by atoms with Gasteiger partial charge >= 0.3 is 0 Å². The first-order valence-corrected chi connectivity index (χ1v) is 6.78. The van der Waals surface area contributed by atoms with E-state index >= 15 is 0 Å². The van der Waals surface area contributed by atoms with Gasteiger partial charge < -0.3 is 19.2 Å². The van der Waals surface area contributed by atoms with Crippen LogP contribution in [0, 0.1) is 5.92 Å². The van der Waals surface area contributed by atoms with Gasteiger partial charge in [0, 0.05) is 12.5 Å². The maximum absolute atomic E-state index is 6.14. The highest BCUT2D eigenvalue weighted by atomic mass is 16.5. The van der Waals surface area contributed by atoms with Crippen LogP contribution in [-0.4, -0.2) is 25.2 Å². The van der Waals surface area contributed by atoms with Crippen molar-refractivity contribution in [1.82, 2.24) is 10.3 Å². The quantitative estimate of drug-likeness (QED) is 0.907. The summed E-state index contributed by atoms with van der Waals surface area (Å²) in [6.07, 6.45) is 4.07. The second-order valence-electron chi connectivity index (χ2n) is 4.81. The van der Waals surface area contributed by atoms with Crippen LogP contribution in [0.2, 0.25) is 0 Å². The average molecular weight is 274 g/mol. The van der Waals surface area contributed by atoms with E-state index in [-0.39, 0.29) is 6.10 Å². The van der Waals surface area contributed by atoms with Gasteiger partial charge in [-0.2, -0.15) is 0 Å². The summed E-state index contributed by atoms with van der Waals surface area (Å²) < 4.78 is 16.9. The van der Waals surface area contributed by atoms with Gasteiger partial charge in [0.1, 0.15) is 6.26 Å². The van der Waals surface area contributed by atoms with Crippen molar-refractivity contribution in [3.63, 3.8) is 0 Å². The Morgan fingerprint density at radius 1 is 1.35 bits per heavy atom. The first kappa shape index (κ1) is 13.0. The Morgan fingerprint density at radius 3 is 2.85 bits per heavy atom. The van der Waals surface area contributed by atoms with E-state index in [0.29, 0.717) is 17.6 Å². The van der Waals surface area contributed by atoms with Gasteiger partial charge in [0.05, 0.1) is 13.3 Å². The predicted octanol–water partition coefficient (Wildman–Crippen LogP) is 2.41. The van der Waals surface area contributed by atoms with Crippen molar-refractivity contribution in [2.45, 2.75) is 12.5 Å². The Bertz CT molecular complexity index is 536. The van der Waals surface area contributed by atoms with Gasteiger partial charge in [-0.1, -0.05) is 12.1 Å². The van der Waals surface area contributed by atoms with Crippen molar-refractivity contribution in [3.8, 4) is 11.5 Å². The normalized spacial score (nSPS) is 19.8. The third-order valence-corrected chi connectivity index (χ3v) is 3.54. The second-order valence-corrected chi connectivity index (χ2v) is 4.81. The lowest BCUT2D eigenvalue weighted by atomic mass is 10.0. The number of oxazole rings is 1. The van der Waals surface area contributed by atoms with Crippen LogP contribution >= 0.6 is 0 Å². The molecule has 0 spiro atoms. The summed E-state index contributed by atoms with van der Waals surface area (Å²) in [5.74, 6) is 2.39. The lowest BCUT2D eigenvalue weighted by Crippen LogP contribution is -2.21. The summed E-state index contributed by atoms with van der Waals surface area (Å²) in [6.45, 7) is 1.90. The Hall–Kier alpha value is -2.01. The molecule has 1 aromatic heterocycles. The van der Waals surface area contributed by atoms with E-state index in [0.717, 1.165) is 25.3 Å². The van der Waals surface area contributed by atoms with Crippen LogP contribution in [0.3, 0.4) is 0 Å². The fourth-order valence-electron chi connectivity index (χ4n) is 2.51. The molecular weight excluding hydrogens is 256 g/mol. The van der Waals surface area contributed by atoms with Gasteiger partial charge in [0.2, 0.25) is 5.89 Å². The minimum Gasteiger partial charge on any atom is -0.493 e. The average Bonchev–Trinajstić information content (AvgIpc) is 3.18. The van der Waals surface area contributed by atoms with Crippen molar-refractivity contribution in [3.05, 3.63) is 42.6 Å². The van der Waals surface area contributed by atoms with Gasteiger partial charge in [-0.3, -0.25) is 0 Å². The first-order valence-electron chi connectivity index (χ1n) is 6.78.